The van der Waals surface area contributed by atoms with Crippen molar-refractivity contribution in [1.29, 1.82) is 0 Å². The van der Waals surface area contributed by atoms with E-state index in [2.05, 4.69) is 44.0 Å². The summed E-state index contributed by atoms with van der Waals surface area (Å²) in [5, 5.41) is 3.49. The summed E-state index contributed by atoms with van der Waals surface area (Å²) < 4.78 is 2.13. The van der Waals surface area contributed by atoms with Crippen LogP contribution in [0, 0.1) is 0 Å². The van der Waals surface area contributed by atoms with Gasteiger partial charge in [0.25, 0.3) is 0 Å². The number of fused-ring (bicyclic) bond motifs is 1. The van der Waals surface area contributed by atoms with Crippen molar-refractivity contribution < 1.29 is 0 Å². The number of para-hydroxylation sites is 2. The van der Waals surface area contributed by atoms with E-state index in [-0.39, 0.29) is 0 Å². The molecule has 0 radical (unpaired) electrons. The van der Waals surface area contributed by atoms with Gasteiger partial charge in [-0.25, -0.2) is 4.98 Å². The molecule has 1 aromatic carbocycles. The van der Waals surface area contributed by atoms with Crippen LogP contribution < -0.4 is 10.2 Å². The van der Waals surface area contributed by atoms with Crippen LogP contribution in [0.2, 0.25) is 0 Å². The standard InChI is InChI=1S/C14H18N4/c1-2-5-14-13(4-1)16-6-3-8-18(14)11-10-17-9-7-15-12-17/h1-2,4-5,7,9,12,16H,3,6,8,10-11H2. The largest absolute Gasteiger partial charge is 0.383 e. The fourth-order valence-corrected chi connectivity index (χ4v) is 2.40. The maximum atomic E-state index is 4.08. The van der Waals surface area contributed by atoms with Crippen molar-refractivity contribution in [3.05, 3.63) is 43.0 Å². The second-order valence-electron chi connectivity index (χ2n) is 4.59. The molecule has 1 aliphatic rings. The predicted octanol–water partition coefficient (Wildman–Crippen LogP) is 2.21. The van der Waals surface area contributed by atoms with Gasteiger partial charge in [0, 0.05) is 38.6 Å². The molecule has 4 nitrogen and oxygen atoms in total. The van der Waals surface area contributed by atoms with Crippen LogP contribution in [0.15, 0.2) is 43.0 Å². The summed E-state index contributed by atoms with van der Waals surface area (Å²) in [5.74, 6) is 0. The molecule has 0 atom stereocenters. The molecule has 2 aromatic rings. The Morgan fingerprint density at radius 2 is 2.17 bits per heavy atom. The van der Waals surface area contributed by atoms with E-state index in [1.165, 1.54) is 17.8 Å². The molecule has 0 amide bonds. The van der Waals surface area contributed by atoms with Crippen LogP contribution in [0.4, 0.5) is 11.4 Å². The van der Waals surface area contributed by atoms with Crippen molar-refractivity contribution in [2.75, 3.05) is 29.9 Å². The van der Waals surface area contributed by atoms with Gasteiger partial charge in [0.2, 0.25) is 0 Å². The molecule has 1 aromatic heterocycles. The minimum atomic E-state index is 0.980. The molecule has 18 heavy (non-hydrogen) atoms. The Balaban J connectivity index is 1.75. The number of imidazole rings is 1. The molecular formula is C14H18N4. The highest BCUT2D eigenvalue weighted by molar-refractivity contribution is 5.70. The normalized spacial score (nSPS) is 14.8. The molecule has 0 unspecified atom stereocenters. The minimum absolute atomic E-state index is 0.980. The van der Waals surface area contributed by atoms with Crippen LogP contribution in [0.25, 0.3) is 0 Å². The van der Waals surface area contributed by atoms with E-state index in [0.717, 1.165) is 26.2 Å². The van der Waals surface area contributed by atoms with Gasteiger partial charge in [-0.15, -0.1) is 0 Å². The van der Waals surface area contributed by atoms with Crippen LogP contribution in [-0.2, 0) is 6.54 Å². The molecule has 4 heteroatoms. The first-order valence-corrected chi connectivity index (χ1v) is 6.47. The van der Waals surface area contributed by atoms with Crippen LogP contribution >= 0.6 is 0 Å². The van der Waals surface area contributed by atoms with Crippen LogP contribution in [-0.4, -0.2) is 29.2 Å². The topological polar surface area (TPSA) is 33.1 Å². The molecule has 3 rings (SSSR count). The van der Waals surface area contributed by atoms with Crippen LogP contribution in [0.5, 0.6) is 0 Å². The Morgan fingerprint density at radius 1 is 1.22 bits per heavy atom. The van der Waals surface area contributed by atoms with E-state index < -0.39 is 0 Å². The highest BCUT2D eigenvalue weighted by atomic mass is 15.2. The van der Waals surface area contributed by atoms with Gasteiger partial charge in [-0.1, -0.05) is 12.1 Å². The van der Waals surface area contributed by atoms with E-state index in [1.807, 2.05) is 18.7 Å². The third-order valence-corrected chi connectivity index (χ3v) is 3.35. The first kappa shape index (κ1) is 11.1. The van der Waals surface area contributed by atoms with Gasteiger partial charge in [0.15, 0.2) is 0 Å². The lowest BCUT2D eigenvalue weighted by molar-refractivity contribution is 0.650. The summed E-state index contributed by atoms with van der Waals surface area (Å²) in [4.78, 5) is 6.53. The molecule has 0 fully saturated rings. The van der Waals surface area contributed by atoms with Crippen molar-refractivity contribution in [2.45, 2.75) is 13.0 Å². The fraction of sp³-hybridized carbons (Fsp3) is 0.357. The van der Waals surface area contributed by atoms with E-state index in [4.69, 9.17) is 0 Å². The van der Waals surface area contributed by atoms with Crippen molar-refractivity contribution in [3.8, 4) is 0 Å². The average molecular weight is 242 g/mol. The Hall–Kier alpha value is -1.97. The number of rotatable bonds is 3. The lowest BCUT2D eigenvalue weighted by Crippen LogP contribution is -2.27. The summed E-state index contributed by atoms with van der Waals surface area (Å²) in [6.07, 6.45) is 6.90. The number of benzene rings is 1. The van der Waals surface area contributed by atoms with Crippen molar-refractivity contribution in [3.63, 3.8) is 0 Å². The van der Waals surface area contributed by atoms with Crippen LogP contribution in [0.1, 0.15) is 6.42 Å². The third-order valence-electron chi connectivity index (χ3n) is 3.35. The molecule has 0 saturated carbocycles. The van der Waals surface area contributed by atoms with Crippen molar-refractivity contribution in [1.82, 2.24) is 9.55 Å². The zero-order valence-electron chi connectivity index (χ0n) is 10.4. The summed E-state index contributed by atoms with van der Waals surface area (Å²) in [5.41, 5.74) is 2.57. The second-order valence-corrected chi connectivity index (χ2v) is 4.59. The monoisotopic (exact) mass is 242 g/mol. The Labute approximate surface area is 107 Å². The SMILES string of the molecule is c1ccc2c(c1)NCCCN2CCn1ccnc1. The van der Waals surface area contributed by atoms with Gasteiger partial charge in [-0.3, -0.25) is 0 Å². The van der Waals surface area contributed by atoms with Crippen LogP contribution in [0.3, 0.4) is 0 Å². The number of anilines is 2. The summed E-state index contributed by atoms with van der Waals surface area (Å²) in [7, 11) is 0. The highest BCUT2D eigenvalue weighted by Crippen LogP contribution is 2.27. The molecule has 0 spiro atoms. The first-order chi connectivity index (χ1) is 8.93. The Morgan fingerprint density at radius 3 is 3.06 bits per heavy atom. The van der Waals surface area contributed by atoms with Crippen molar-refractivity contribution >= 4 is 11.4 Å². The van der Waals surface area contributed by atoms with Crippen molar-refractivity contribution in [2.24, 2.45) is 0 Å². The Bertz CT molecular complexity index is 492. The zero-order valence-corrected chi connectivity index (χ0v) is 10.4. The number of nitrogens with one attached hydrogen (secondary N) is 1. The third kappa shape index (κ3) is 2.32. The Kier molecular flexibility index (Phi) is 3.17. The van der Waals surface area contributed by atoms with E-state index in [0.29, 0.717) is 0 Å². The molecule has 1 N–H and O–H groups in total. The highest BCUT2D eigenvalue weighted by Gasteiger charge is 2.13. The minimum Gasteiger partial charge on any atom is -0.383 e. The zero-order chi connectivity index (χ0) is 12.2. The average Bonchev–Trinajstić information content (AvgIpc) is 2.84. The summed E-state index contributed by atoms with van der Waals surface area (Å²) in [6, 6.07) is 8.55. The van der Waals surface area contributed by atoms with Gasteiger partial charge in [0.1, 0.15) is 0 Å². The first-order valence-electron chi connectivity index (χ1n) is 6.47. The molecule has 2 heterocycles. The predicted molar refractivity (Wildman–Crippen MR) is 74.0 cm³/mol. The van der Waals surface area contributed by atoms with Gasteiger partial charge in [-0.2, -0.15) is 0 Å². The molecule has 1 aliphatic heterocycles. The van der Waals surface area contributed by atoms with Gasteiger partial charge >= 0.3 is 0 Å². The summed E-state index contributed by atoms with van der Waals surface area (Å²) >= 11 is 0. The number of hydrogen-bond acceptors (Lipinski definition) is 3. The molecular weight excluding hydrogens is 224 g/mol. The second kappa shape index (κ2) is 5.12. The van der Waals surface area contributed by atoms with Gasteiger partial charge in [-0.05, 0) is 18.6 Å². The number of aromatic nitrogens is 2. The molecule has 94 valence electrons. The maximum Gasteiger partial charge on any atom is 0.0946 e. The van der Waals surface area contributed by atoms with Gasteiger partial charge in [0.05, 0.1) is 17.7 Å². The quantitative estimate of drug-likeness (QED) is 0.895. The van der Waals surface area contributed by atoms with Gasteiger partial charge < -0.3 is 14.8 Å². The molecule has 0 saturated heterocycles. The molecule has 0 bridgehead atoms. The smallest absolute Gasteiger partial charge is 0.0946 e. The van der Waals surface area contributed by atoms with E-state index in [1.54, 1.807) is 0 Å². The van der Waals surface area contributed by atoms with E-state index in [9.17, 15) is 0 Å². The maximum absolute atomic E-state index is 4.08. The van der Waals surface area contributed by atoms with E-state index >= 15 is 0 Å². The summed E-state index contributed by atoms with van der Waals surface area (Å²) in [6.45, 7) is 4.17. The molecule has 0 aliphatic carbocycles. The fourth-order valence-electron chi connectivity index (χ4n) is 2.40. The number of hydrogen-bond donors (Lipinski definition) is 1. The lowest BCUT2D eigenvalue weighted by Gasteiger charge is -2.24. The number of nitrogens with zero attached hydrogens (tertiary/aromatic N) is 3. The lowest BCUT2D eigenvalue weighted by atomic mass is 10.2.